The lowest BCUT2D eigenvalue weighted by Crippen LogP contribution is -2.31. The summed E-state index contributed by atoms with van der Waals surface area (Å²) in [5, 5.41) is 7.90. The fourth-order valence-electron chi connectivity index (χ4n) is 4.64. The van der Waals surface area contributed by atoms with Crippen molar-refractivity contribution in [1.29, 1.82) is 0 Å². The lowest BCUT2D eigenvalue weighted by atomic mass is 10.1. The van der Waals surface area contributed by atoms with Gasteiger partial charge in [-0.3, -0.25) is 0 Å². The zero-order chi connectivity index (χ0) is 24.6. The third-order valence-corrected chi connectivity index (χ3v) is 6.17. The largest absolute Gasteiger partial charge is 0.497 e. The van der Waals surface area contributed by atoms with Gasteiger partial charge in [0.1, 0.15) is 41.5 Å². The highest BCUT2D eigenvalue weighted by atomic mass is 16.8. The molecule has 4 atom stereocenters. The molecule has 184 valence electrons. The lowest BCUT2D eigenvalue weighted by molar-refractivity contribution is -0.195. The van der Waals surface area contributed by atoms with Crippen LogP contribution in [-0.2, 0) is 20.8 Å². The number of anilines is 1. The summed E-state index contributed by atoms with van der Waals surface area (Å²) in [4.78, 5) is 11.8. The summed E-state index contributed by atoms with van der Waals surface area (Å²) < 4.78 is 31.2. The zero-order valence-electron chi connectivity index (χ0n) is 19.9. The molecule has 5 rings (SSSR count). The molecule has 1 N–H and O–H groups in total. The van der Waals surface area contributed by atoms with Gasteiger partial charge in [-0.2, -0.15) is 0 Å². The van der Waals surface area contributed by atoms with E-state index in [2.05, 4.69) is 25.3 Å². The maximum Gasteiger partial charge on any atom is 0.164 e. The molecule has 2 saturated heterocycles. The number of methoxy groups -OCH3 is 2. The second kappa shape index (κ2) is 9.23. The molecule has 2 aromatic heterocycles. The molecule has 4 heterocycles. The van der Waals surface area contributed by atoms with E-state index in [0.717, 1.165) is 22.4 Å². The molecule has 35 heavy (non-hydrogen) atoms. The van der Waals surface area contributed by atoms with Gasteiger partial charge in [0.25, 0.3) is 0 Å². The summed E-state index contributed by atoms with van der Waals surface area (Å²) in [5.41, 5.74) is 10.4. The van der Waals surface area contributed by atoms with Crippen LogP contribution < -0.4 is 14.8 Å². The number of hydrogen-bond acceptors (Lipinski definition) is 9. The average Bonchev–Trinajstić information content (AvgIpc) is 3.52. The van der Waals surface area contributed by atoms with Gasteiger partial charge >= 0.3 is 0 Å². The number of nitrogens with zero attached hydrogens (tertiary/aromatic N) is 6. The number of nitrogens with one attached hydrogen (secondary N) is 1. The van der Waals surface area contributed by atoms with Gasteiger partial charge in [0.2, 0.25) is 0 Å². The van der Waals surface area contributed by atoms with Crippen LogP contribution in [0.15, 0.2) is 41.9 Å². The standard InChI is InChI=1S/C23H27N7O5/c1-23(2)34-18-17(11-28-29-24)33-22(19(18)35-23)30-8-7-15-20(26-12-27-21(15)30)25-10-13-5-6-14(31-3)9-16(13)32-4/h5-9,12,17-19,22H,10-11H2,1-4H3,(H,25,26,27)/t17-,18-,19+,22-/m1/s1. The van der Waals surface area contributed by atoms with Crippen LogP contribution in [0.25, 0.3) is 21.5 Å². The third-order valence-electron chi connectivity index (χ3n) is 6.17. The summed E-state index contributed by atoms with van der Waals surface area (Å²) >= 11 is 0. The van der Waals surface area contributed by atoms with Crippen molar-refractivity contribution in [3.8, 4) is 11.5 Å². The van der Waals surface area contributed by atoms with E-state index in [0.29, 0.717) is 18.0 Å². The molecule has 0 bridgehead atoms. The van der Waals surface area contributed by atoms with Crippen molar-refractivity contribution >= 4 is 16.9 Å². The molecule has 12 nitrogen and oxygen atoms in total. The highest BCUT2D eigenvalue weighted by Crippen LogP contribution is 2.44. The van der Waals surface area contributed by atoms with Crippen LogP contribution in [0.4, 0.5) is 5.82 Å². The van der Waals surface area contributed by atoms with Gasteiger partial charge < -0.3 is 33.6 Å². The Balaban J connectivity index is 1.41. The number of hydrogen-bond donors (Lipinski definition) is 1. The van der Waals surface area contributed by atoms with E-state index >= 15 is 0 Å². The van der Waals surface area contributed by atoms with E-state index < -0.39 is 18.1 Å². The highest BCUT2D eigenvalue weighted by molar-refractivity contribution is 5.87. The Morgan fingerprint density at radius 3 is 2.77 bits per heavy atom. The summed E-state index contributed by atoms with van der Waals surface area (Å²) in [6.07, 6.45) is 1.73. The smallest absolute Gasteiger partial charge is 0.164 e. The van der Waals surface area contributed by atoms with E-state index in [1.165, 1.54) is 6.33 Å². The predicted molar refractivity (Wildman–Crippen MR) is 126 cm³/mol. The van der Waals surface area contributed by atoms with E-state index in [1.54, 1.807) is 14.2 Å². The van der Waals surface area contributed by atoms with Crippen LogP contribution >= 0.6 is 0 Å². The molecule has 12 heteroatoms. The first kappa shape index (κ1) is 23.2. The summed E-state index contributed by atoms with van der Waals surface area (Å²) in [5.74, 6) is 1.35. The van der Waals surface area contributed by atoms with Gasteiger partial charge in [0.05, 0.1) is 32.3 Å². The molecule has 0 unspecified atom stereocenters. The van der Waals surface area contributed by atoms with Gasteiger partial charge in [-0.25, -0.2) is 9.97 Å². The first-order valence-electron chi connectivity index (χ1n) is 11.2. The summed E-state index contributed by atoms with van der Waals surface area (Å²) in [7, 11) is 3.25. The van der Waals surface area contributed by atoms with Crippen molar-refractivity contribution in [3.63, 3.8) is 0 Å². The van der Waals surface area contributed by atoms with E-state index in [1.807, 2.05) is 48.9 Å². The molecule has 0 saturated carbocycles. The van der Waals surface area contributed by atoms with Crippen LogP contribution in [0.3, 0.4) is 0 Å². The van der Waals surface area contributed by atoms with Gasteiger partial charge in [0.15, 0.2) is 12.0 Å². The normalized spacial score (nSPS) is 24.7. The number of ether oxygens (including phenoxy) is 5. The minimum Gasteiger partial charge on any atom is -0.497 e. The molecule has 0 aliphatic carbocycles. The third kappa shape index (κ3) is 4.32. The molecule has 2 fully saturated rings. The first-order valence-corrected chi connectivity index (χ1v) is 11.2. The SMILES string of the molecule is COc1ccc(CNc2ncnc3c2ccn3[C@@H]2O[C@H](CN=[N+]=[N-])[C@H]3OC(C)(C)O[C@@H]32)c(OC)c1. The van der Waals surface area contributed by atoms with Crippen molar-refractivity contribution in [2.24, 2.45) is 5.11 Å². The highest BCUT2D eigenvalue weighted by Gasteiger charge is 2.55. The monoisotopic (exact) mass is 481 g/mol. The average molecular weight is 482 g/mol. The van der Waals surface area contributed by atoms with E-state index in [9.17, 15) is 0 Å². The second-order valence-electron chi connectivity index (χ2n) is 8.76. The lowest BCUT2D eigenvalue weighted by Gasteiger charge is -2.24. The second-order valence-corrected chi connectivity index (χ2v) is 8.76. The Morgan fingerprint density at radius 2 is 2.00 bits per heavy atom. The van der Waals surface area contributed by atoms with Crippen molar-refractivity contribution in [3.05, 3.63) is 52.8 Å². The Bertz CT molecular complexity index is 1270. The van der Waals surface area contributed by atoms with Gasteiger partial charge in [-0.15, -0.1) is 0 Å². The van der Waals surface area contributed by atoms with Crippen LogP contribution in [0.5, 0.6) is 11.5 Å². The van der Waals surface area contributed by atoms with Crippen molar-refractivity contribution in [2.75, 3.05) is 26.1 Å². The number of aromatic nitrogens is 3. The maximum atomic E-state index is 8.77. The molecule has 1 aromatic carbocycles. The van der Waals surface area contributed by atoms with Crippen LogP contribution in [-0.4, -0.2) is 59.4 Å². The molecule has 2 aliphatic heterocycles. The van der Waals surface area contributed by atoms with Crippen molar-refractivity contribution < 1.29 is 23.7 Å². The van der Waals surface area contributed by atoms with Crippen LogP contribution in [0.2, 0.25) is 0 Å². The van der Waals surface area contributed by atoms with Gasteiger partial charge in [0, 0.05) is 29.3 Å². The minimum atomic E-state index is -0.770. The first-order chi connectivity index (χ1) is 16.9. The fourth-order valence-corrected chi connectivity index (χ4v) is 4.64. The molecule has 0 spiro atoms. The Labute approximate surface area is 201 Å². The van der Waals surface area contributed by atoms with E-state index in [4.69, 9.17) is 29.2 Å². The predicted octanol–water partition coefficient (Wildman–Crippen LogP) is 3.79. The van der Waals surface area contributed by atoms with Crippen LogP contribution in [0, 0.1) is 0 Å². The van der Waals surface area contributed by atoms with Gasteiger partial charge in [-0.1, -0.05) is 5.11 Å². The Kier molecular flexibility index (Phi) is 6.12. The Hall–Kier alpha value is -3.57. The fraction of sp³-hybridized carbons (Fsp3) is 0.478. The molecule has 3 aromatic rings. The topological polar surface area (TPSA) is 138 Å². The minimum absolute atomic E-state index is 0.151. The molecular formula is C23H27N7O5. The Morgan fingerprint density at radius 1 is 1.17 bits per heavy atom. The molecule has 0 amide bonds. The number of fused-ring (bicyclic) bond motifs is 2. The molecule has 2 aliphatic rings. The van der Waals surface area contributed by atoms with Crippen LogP contribution in [0.1, 0.15) is 25.6 Å². The van der Waals surface area contributed by atoms with Gasteiger partial charge in [-0.05, 0) is 37.6 Å². The van der Waals surface area contributed by atoms with E-state index in [-0.39, 0.29) is 18.8 Å². The molecule has 0 radical (unpaired) electrons. The number of rotatable bonds is 8. The maximum absolute atomic E-state index is 8.77. The summed E-state index contributed by atoms with van der Waals surface area (Å²) in [6, 6.07) is 7.61. The van der Waals surface area contributed by atoms with Crippen molar-refractivity contribution in [1.82, 2.24) is 14.5 Å². The quantitative estimate of drug-likeness (QED) is 0.291. The summed E-state index contributed by atoms with van der Waals surface area (Å²) in [6.45, 7) is 4.36. The number of benzene rings is 1. The van der Waals surface area contributed by atoms with Crippen molar-refractivity contribution in [2.45, 2.75) is 50.7 Å². The molecular weight excluding hydrogens is 454 g/mol. The zero-order valence-corrected chi connectivity index (χ0v) is 19.9. The number of azide groups is 1.